The normalized spacial score (nSPS) is 17.8. The maximum Gasteiger partial charge on any atom is 0.416 e. The topological polar surface area (TPSA) is 48.0 Å². The van der Waals surface area contributed by atoms with Gasteiger partial charge in [0.2, 0.25) is 0 Å². The number of piperidine rings is 1. The average molecular weight is 520 g/mol. The zero-order valence-corrected chi connectivity index (χ0v) is 22.2. The third-order valence-corrected chi connectivity index (χ3v) is 7.13. The monoisotopic (exact) mass is 519 g/mol. The van der Waals surface area contributed by atoms with E-state index in [1.165, 1.54) is 12.1 Å². The number of rotatable bonds is 6. The summed E-state index contributed by atoms with van der Waals surface area (Å²) >= 11 is 0. The summed E-state index contributed by atoms with van der Waals surface area (Å²) < 4.78 is 57.2. The smallest absolute Gasteiger partial charge is 0.416 e. The van der Waals surface area contributed by atoms with E-state index in [2.05, 4.69) is 4.90 Å². The van der Waals surface area contributed by atoms with Gasteiger partial charge in [0, 0.05) is 29.2 Å². The molecule has 0 bridgehead atoms. The van der Waals surface area contributed by atoms with Crippen molar-refractivity contribution < 1.29 is 32.2 Å². The lowest BCUT2D eigenvalue weighted by atomic mass is 9.74. The van der Waals surface area contributed by atoms with Gasteiger partial charge in [-0.3, -0.25) is 4.79 Å². The number of carbonyl (C=O) groups excluding carboxylic acids is 1. The van der Waals surface area contributed by atoms with Crippen LogP contribution in [-0.4, -0.2) is 42.7 Å². The van der Waals surface area contributed by atoms with Crippen molar-refractivity contribution in [1.82, 2.24) is 4.90 Å². The maximum atomic E-state index is 13.3. The lowest BCUT2D eigenvalue weighted by molar-refractivity contribution is -0.167. The van der Waals surface area contributed by atoms with E-state index in [0.29, 0.717) is 18.9 Å². The zero-order valence-electron chi connectivity index (χ0n) is 22.2. The Morgan fingerprint density at radius 2 is 1.70 bits per heavy atom. The molecular weight excluding hydrogens is 483 g/mol. The van der Waals surface area contributed by atoms with Gasteiger partial charge in [0.1, 0.15) is 23.7 Å². The quantitative estimate of drug-likeness (QED) is 0.415. The molecule has 2 aromatic rings. The lowest BCUT2D eigenvalue weighted by Crippen LogP contribution is -2.48. The predicted octanol–water partition coefficient (Wildman–Crippen LogP) is 6.38. The van der Waals surface area contributed by atoms with Crippen LogP contribution in [0.4, 0.5) is 13.2 Å². The van der Waals surface area contributed by atoms with Gasteiger partial charge in [-0.05, 0) is 72.7 Å². The minimum absolute atomic E-state index is 0.0922. The number of esters is 1. The standard InChI is InChI=1S/C29H36F3NO4/c1-26(2,3)37-25(34)27(4,5)18-33-14-12-28(13-15-33)19-36-24-16-21(10-11-23(24)28)35-17-20-8-6-7-9-22(20)29(30,31)32/h6-11,16H,12-15,17-19H2,1-5H3. The van der Waals surface area contributed by atoms with Gasteiger partial charge in [-0.15, -0.1) is 0 Å². The molecule has 2 aromatic carbocycles. The number of nitrogens with zero attached hydrogens (tertiary/aromatic N) is 1. The molecule has 0 N–H and O–H groups in total. The number of hydrogen-bond donors (Lipinski definition) is 0. The van der Waals surface area contributed by atoms with E-state index in [0.717, 1.165) is 43.3 Å². The summed E-state index contributed by atoms with van der Waals surface area (Å²) in [6.07, 6.45) is -2.64. The number of halogens is 3. The highest BCUT2D eigenvalue weighted by molar-refractivity contribution is 5.76. The maximum absolute atomic E-state index is 13.3. The molecule has 0 unspecified atom stereocenters. The van der Waals surface area contributed by atoms with E-state index in [-0.39, 0.29) is 23.6 Å². The van der Waals surface area contributed by atoms with Gasteiger partial charge in [-0.1, -0.05) is 24.3 Å². The van der Waals surface area contributed by atoms with Crippen molar-refractivity contribution in [2.24, 2.45) is 5.41 Å². The molecule has 5 nitrogen and oxygen atoms in total. The predicted molar refractivity (Wildman–Crippen MR) is 135 cm³/mol. The number of benzene rings is 2. The van der Waals surface area contributed by atoms with Crippen LogP contribution in [-0.2, 0) is 27.7 Å². The minimum atomic E-state index is -4.43. The first-order valence-electron chi connectivity index (χ1n) is 12.7. The second-order valence-electron chi connectivity index (χ2n) is 11.8. The number of ether oxygens (including phenoxy) is 3. The SMILES string of the molecule is CC(C)(C)OC(=O)C(C)(C)CN1CCC2(CC1)COc1cc(OCc3ccccc3C(F)(F)F)ccc12. The van der Waals surface area contributed by atoms with Gasteiger partial charge in [0.05, 0.1) is 17.6 Å². The summed E-state index contributed by atoms with van der Waals surface area (Å²) in [5.74, 6) is 1.01. The van der Waals surface area contributed by atoms with Crippen molar-refractivity contribution in [3.63, 3.8) is 0 Å². The lowest BCUT2D eigenvalue weighted by Gasteiger charge is -2.41. The van der Waals surface area contributed by atoms with Crippen molar-refractivity contribution in [3.05, 3.63) is 59.2 Å². The Labute approximate surface area is 216 Å². The fourth-order valence-corrected chi connectivity index (χ4v) is 5.12. The molecule has 0 amide bonds. The molecule has 2 aliphatic heterocycles. The van der Waals surface area contributed by atoms with Crippen LogP contribution in [0.25, 0.3) is 0 Å². The number of hydrogen-bond acceptors (Lipinski definition) is 5. The first kappa shape index (κ1) is 27.3. The summed E-state index contributed by atoms with van der Waals surface area (Å²) in [4.78, 5) is 15.0. The van der Waals surface area contributed by atoms with E-state index in [1.54, 1.807) is 12.1 Å². The van der Waals surface area contributed by atoms with Crippen LogP contribution in [0, 0.1) is 5.41 Å². The molecular formula is C29H36F3NO4. The molecule has 1 spiro atoms. The molecule has 1 saturated heterocycles. The van der Waals surface area contributed by atoms with Crippen molar-refractivity contribution >= 4 is 5.97 Å². The number of likely N-dealkylation sites (tertiary alicyclic amines) is 1. The molecule has 1 fully saturated rings. The summed E-state index contributed by atoms with van der Waals surface area (Å²) in [5, 5.41) is 0. The zero-order chi connectivity index (χ0) is 27.1. The molecule has 37 heavy (non-hydrogen) atoms. The molecule has 4 rings (SSSR count). The Morgan fingerprint density at radius 1 is 1.03 bits per heavy atom. The van der Waals surface area contributed by atoms with Crippen molar-refractivity contribution in [3.8, 4) is 11.5 Å². The van der Waals surface area contributed by atoms with Crippen LogP contribution >= 0.6 is 0 Å². The Hall–Kier alpha value is -2.74. The third kappa shape index (κ3) is 6.22. The van der Waals surface area contributed by atoms with Crippen molar-refractivity contribution in [2.45, 2.75) is 71.3 Å². The van der Waals surface area contributed by atoms with Crippen molar-refractivity contribution in [1.29, 1.82) is 0 Å². The molecule has 0 aliphatic carbocycles. The van der Waals surface area contributed by atoms with Crippen LogP contribution in [0.1, 0.15) is 64.2 Å². The summed E-state index contributed by atoms with van der Waals surface area (Å²) in [7, 11) is 0. The molecule has 8 heteroatoms. The van der Waals surface area contributed by atoms with E-state index < -0.39 is 22.8 Å². The minimum Gasteiger partial charge on any atom is -0.492 e. The Bertz CT molecular complexity index is 1130. The molecule has 0 saturated carbocycles. The molecule has 2 aliphatic rings. The van der Waals surface area contributed by atoms with E-state index in [1.807, 2.05) is 46.8 Å². The highest BCUT2D eigenvalue weighted by Crippen LogP contribution is 2.47. The van der Waals surface area contributed by atoms with Crippen LogP contribution in [0.2, 0.25) is 0 Å². The van der Waals surface area contributed by atoms with Crippen LogP contribution in [0.15, 0.2) is 42.5 Å². The molecule has 0 radical (unpaired) electrons. The summed E-state index contributed by atoms with van der Waals surface area (Å²) in [6, 6.07) is 11.0. The van der Waals surface area contributed by atoms with E-state index >= 15 is 0 Å². The fourth-order valence-electron chi connectivity index (χ4n) is 5.12. The highest BCUT2D eigenvalue weighted by atomic mass is 19.4. The first-order valence-corrected chi connectivity index (χ1v) is 12.7. The second kappa shape index (κ2) is 9.86. The van der Waals surface area contributed by atoms with Crippen LogP contribution in [0.3, 0.4) is 0 Å². The van der Waals surface area contributed by atoms with Crippen molar-refractivity contribution in [2.75, 3.05) is 26.2 Å². The number of alkyl halides is 3. The Kier molecular flexibility index (Phi) is 7.27. The fraction of sp³-hybridized carbons (Fsp3) is 0.552. The average Bonchev–Trinajstić information content (AvgIpc) is 3.15. The molecule has 2 heterocycles. The molecule has 0 aromatic heterocycles. The van der Waals surface area contributed by atoms with Gasteiger partial charge >= 0.3 is 12.1 Å². The Morgan fingerprint density at radius 3 is 2.35 bits per heavy atom. The third-order valence-electron chi connectivity index (χ3n) is 7.13. The van der Waals surface area contributed by atoms with Gasteiger partial charge in [0.25, 0.3) is 0 Å². The van der Waals surface area contributed by atoms with Gasteiger partial charge in [-0.25, -0.2) is 0 Å². The summed E-state index contributed by atoms with van der Waals surface area (Å²) in [6.45, 7) is 12.2. The van der Waals surface area contributed by atoms with E-state index in [4.69, 9.17) is 14.2 Å². The largest absolute Gasteiger partial charge is 0.492 e. The van der Waals surface area contributed by atoms with Gasteiger partial charge in [0.15, 0.2) is 0 Å². The second-order valence-corrected chi connectivity index (χ2v) is 11.8. The van der Waals surface area contributed by atoms with Gasteiger partial charge < -0.3 is 19.1 Å². The Balaban J connectivity index is 1.38. The summed E-state index contributed by atoms with van der Waals surface area (Å²) in [5.41, 5.74) is -0.721. The first-order chi connectivity index (χ1) is 17.2. The highest BCUT2D eigenvalue weighted by Gasteiger charge is 2.44. The van der Waals surface area contributed by atoms with Crippen LogP contribution in [0.5, 0.6) is 11.5 Å². The van der Waals surface area contributed by atoms with Crippen LogP contribution < -0.4 is 9.47 Å². The number of fused-ring (bicyclic) bond motifs is 2. The van der Waals surface area contributed by atoms with Gasteiger partial charge in [-0.2, -0.15) is 13.2 Å². The number of carbonyl (C=O) groups is 1. The molecule has 202 valence electrons. The molecule has 0 atom stereocenters. The van der Waals surface area contributed by atoms with E-state index in [9.17, 15) is 18.0 Å².